The molecule has 0 aliphatic carbocycles. The quantitative estimate of drug-likeness (QED) is 0.530. The second kappa shape index (κ2) is 10.1. The lowest BCUT2D eigenvalue weighted by molar-refractivity contribution is -0.120. The second-order valence-electron chi connectivity index (χ2n) is 6.20. The van der Waals surface area contributed by atoms with Crippen molar-refractivity contribution in [2.24, 2.45) is 0 Å². The lowest BCUT2D eigenvalue weighted by atomic mass is 10.1. The molecule has 0 spiro atoms. The molecular weight excluding hydrogens is 390 g/mol. The molecule has 0 radical (unpaired) electrons. The van der Waals surface area contributed by atoms with Crippen LogP contribution in [-0.2, 0) is 15.3 Å². The second-order valence-corrected chi connectivity index (χ2v) is 8.22. The van der Waals surface area contributed by atoms with Crippen molar-refractivity contribution in [2.75, 3.05) is 5.32 Å². The molecule has 2 amide bonds. The molecule has 7 heteroatoms. The minimum Gasteiger partial charge on any atom is -0.348 e. The molecule has 1 unspecified atom stereocenters. The zero-order valence-corrected chi connectivity index (χ0v) is 17.1. The molecule has 0 fully saturated rings. The van der Waals surface area contributed by atoms with Crippen molar-refractivity contribution in [1.29, 1.82) is 0 Å². The predicted molar refractivity (Wildman–Crippen MR) is 114 cm³/mol. The van der Waals surface area contributed by atoms with Gasteiger partial charge in [-0.15, -0.1) is 23.1 Å². The SMILES string of the molecule is CC(=O)NC(CC(=O)Nc1ccc(SCc2cccnc2)cc1)c1cccs1. The number of hydrogen-bond acceptors (Lipinski definition) is 5. The largest absolute Gasteiger partial charge is 0.348 e. The third-order valence-corrected chi connectivity index (χ3v) is 5.99. The fourth-order valence-electron chi connectivity index (χ4n) is 2.64. The fourth-order valence-corrected chi connectivity index (χ4v) is 4.25. The number of hydrogen-bond donors (Lipinski definition) is 2. The summed E-state index contributed by atoms with van der Waals surface area (Å²) in [6.45, 7) is 1.46. The van der Waals surface area contributed by atoms with Crippen LogP contribution in [0.1, 0.15) is 29.8 Å². The highest BCUT2D eigenvalue weighted by Gasteiger charge is 2.18. The van der Waals surface area contributed by atoms with Gasteiger partial charge in [0.05, 0.1) is 12.5 Å². The number of anilines is 1. The third-order valence-electron chi connectivity index (χ3n) is 3.92. The monoisotopic (exact) mass is 411 g/mol. The van der Waals surface area contributed by atoms with Crippen LogP contribution in [0.25, 0.3) is 0 Å². The summed E-state index contributed by atoms with van der Waals surface area (Å²) in [7, 11) is 0. The molecule has 2 N–H and O–H groups in total. The maximum atomic E-state index is 12.4. The third kappa shape index (κ3) is 6.21. The molecule has 1 atom stereocenters. The summed E-state index contributed by atoms with van der Waals surface area (Å²) in [6, 6.07) is 15.3. The van der Waals surface area contributed by atoms with Crippen LogP contribution in [0.5, 0.6) is 0 Å². The van der Waals surface area contributed by atoms with Crippen molar-refractivity contribution in [3.8, 4) is 0 Å². The zero-order valence-electron chi connectivity index (χ0n) is 15.4. The van der Waals surface area contributed by atoms with Crippen molar-refractivity contribution in [3.63, 3.8) is 0 Å². The van der Waals surface area contributed by atoms with Crippen LogP contribution < -0.4 is 10.6 Å². The maximum absolute atomic E-state index is 12.4. The number of thioether (sulfide) groups is 1. The number of benzene rings is 1. The molecule has 0 saturated heterocycles. The number of nitrogens with zero attached hydrogens (tertiary/aromatic N) is 1. The number of carbonyl (C=O) groups excluding carboxylic acids is 2. The first-order chi connectivity index (χ1) is 13.6. The Bertz CT molecular complexity index is 897. The molecule has 2 heterocycles. The van der Waals surface area contributed by atoms with Crippen LogP contribution in [0.15, 0.2) is 71.2 Å². The van der Waals surface area contributed by atoms with Gasteiger partial charge in [0.1, 0.15) is 0 Å². The van der Waals surface area contributed by atoms with Crippen LogP contribution in [0.2, 0.25) is 0 Å². The highest BCUT2D eigenvalue weighted by atomic mass is 32.2. The van der Waals surface area contributed by atoms with E-state index in [1.54, 1.807) is 18.0 Å². The van der Waals surface area contributed by atoms with Gasteiger partial charge in [-0.05, 0) is 47.3 Å². The maximum Gasteiger partial charge on any atom is 0.226 e. The Morgan fingerprint density at radius 2 is 1.96 bits per heavy atom. The Labute approximate surface area is 172 Å². The van der Waals surface area contributed by atoms with Crippen LogP contribution in [0.4, 0.5) is 5.69 Å². The van der Waals surface area contributed by atoms with Gasteiger partial charge >= 0.3 is 0 Å². The van der Waals surface area contributed by atoms with Gasteiger partial charge in [-0.1, -0.05) is 12.1 Å². The first kappa shape index (κ1) is 20.1. The van der Waals surface area contributed by atoms with Gasteiger partial charge in [0.25, 0.3) is 0 Å². The van der Waals surface area contributed by atoms with Gasteiger partial charge in [0.15, 0.2) is 0 Å². The van der Waals surface area contributed by atoms with Crippen molar-refractivity contribution in [3.05, 3.63) is 76.7 Å². The van der Waals surface area contributed by atoms with E-state index in [0.29, 0.717) is 0 Å². The Balaban J connectivity index is 1.54. The smallest absolute Gasteiger partial charge is 0.226 e. The Hall–Kier alpha value is -2.64. The van der Waals surface area contributed by atoms with Crippen molar-refractivity contribution < 1.29 is 9.59 Å². The highest BCUT2D eigenvalue weighted by molar-refractivity contribution is 7.98. The van der Waals surface area contributed by atoms with E-state index >= 15 is 0 Å². The fraction of sp³-hybridized carbons (Fsp3) is 0.190. The van der Waals surface area contributed by atoms with E-state index in [2.05, 4.69) is 15.6 Å². The Morgan fingerprint density at radius 1 is 1.14 bits per heavy atom. The number of aromatic nitrogens is 1. The average Bonchev–Trinajstić information content (AvgIpc) is 3.22. The van der Waals surface area contributed by atoms with Crippen molar-refractivity contribution >= 4 is 40.6 Å². The van der Waals surface area contributed by atoms with Crippen molar-refractivity contribution in [2.45, 2.75) is 30.0 Å². The standard InChI is InChI=1S/C21H21N3O2S2/c1-15(25)23-19(20-5-3-11-27-20)12-21(26)24-17-6-8-18(9-7-17)28-14-16-4-2-10-22-13-16/h2-11,13,19H,12,14H2,1H3,(H,23,25)(H,24,26). The summed E-state index contributed by atoms with van der Waals surface area (Å²) in [5.41, 5.74) is 1.91. The minimum atomic E-state index is -0.313. The summed E-state index contributed by atoms with van der Waals surface area (Å²) < 4.78 is 0. The van der Waals surface area contributed by atoms with Crippen LogP contribution in [0, 0.1) is 0 Å². The minimum absolute atomic E-state index is 0.136. The first-order valence-electron chi connectivity index (χ1n) is 8.82. The summed E-state index contributed by atoms with van der Waals surface area (Å²) in [5, 5.41) is 7.68. The summed E-state index contributed by atoms with van der Waals surface area (Å²) in [5.74, 6) is 0.558. The molecular formula is C21H21N3O2S2. The molecule has 0 bridgehead atoms. The Kier molecular flexibility index (Phi) is 7.22. The zero-order chi connectivity index (χ0) is 19.8. The van der Waals surface area contributed by atoms with Crippen molar-refractivity contribution in [1.82, 2.24) is 10.3 Å². The van der Waals surface area contributed by atoms with E-state index < -0.39 is 0 Å². The Morgan fingerprint density at radius 3 is 2.61 bits per heavy atom. The van der Waals surface area contributed by atoms with E-state index in [-0.39, 0.29) is 24.3 Å². The molecule has 2 aromatic heterocycles. The molecule has 0 aliphatic heterocycles. The van der Waals surface area contributed by atoms with E-state index in [4.69, 9.17) is 0 Å². The van der Waals surface area contributed by atoms with Crippen LogP contribution in [-0.4, -0.2) is 16.8 Å². The van der Waals surface area contributed by atoms with Gasteiger partial charge in [-0.25, -0.2) is 0 Å². The van der Waals surface area contributed by atoms with E-state index in [1.165, 1.54) is 23.8 Å². The normalized spacial score (nSPS) is 11.6. The molecule has 28 heavy (non-hydrogen) atoms. The molecule has 0 aliphatic rings. The number of carbonyl (C=O) groups is 2. The molecule has 144 valence electrons. The lowest BCUT2D eigenvalue weighted by Gasteiger charge is -2.16. The van der Waals surface area contributed by atoms with E-state index in [1.807, 2.05) is 60.1 Å². The van der Waals surface area contributed by atoms with Gasteiger partial charge in [-0.2, -0.15) is 0 Å². The molecule has 3 rings (SSSR count). The number of amides is 2. The molecule has 0 saturated carbocycles. The number of thiophene rings is 1. The number of pyridine rings is 1. The topological polar surface area (TPSA) is 71.1 Å². The van der Waals surface area contributed by atoms with Gasteiger partial charge in [-0.3, -0.25) is 14.6 Å². The number of rotatable bonds is 8. The van der Waals surface area contributed by atoms with Gasteiger partial charge in [0.2, 0.25) is 11.8 Å². The average molecular weight is 412 g/mol. The summed E-state index contributed by atoms with van der Waals surface area (Å²) in [4.78, 5) is 30.1. The number of nitrogens with one attached hydrogen (secondary N) is 2. The molecule has 5 nitrogen and oxygen atoms in total. The highest BCUT2D eigenvalue weighted by Crippen LogP contribution is 2.25. The van der Waals surface area contributed by atoms with E-state index in [9.17, 15) is 9.59 Å². The lowest BCUT2D eigenvalue weighted by Crippen LogP contribution is -2.29. The van der Waals surface area contributed by atoms with E-state index in [0.717, 1.165) is 21.2 Å². The molecule has 3 aromatic rings. The van der Waals surface area contributed by atoms with Crippen LogP contribution in [0.3, 0.4) is 0 Å². The summed E-state index contributed by atoms with van der Waals surface area (Å²) in [6.07, 6.45) is 3.82. The van der Waals surface area contributed by atoms with Gasteiger partial charge in [0, 0.05) is 40.5 Å². The summed E-state index contributed by atoms with van der Waals surface area (Å²) >= 11 is 3.24. The van der Waals surface area contributed by atoms with Crippen LogP contribution >= 0.6 is 23.1 Å². The first-order valence-corrected chi connectivity index (χ1v) is 10.7. The van der Waals surface area contributed by atoms with Gasteiger partial charge < -0.3 is 10.6 Å². The predicted octanol–water partition coefficient (Wildman–Crippen LogP) is 4.64. The molecule has 1 aromatic carbocycles.